The third kappa shape index (κ3) is 4.95. The number of halogens is 1. The fourth-order valence-corrected chi connectivity index (χ4v) is 3.88. The molecule has 0 unspecified atom stereocenters. The van der Waals surface area contributed by atoms with Crippen LogP contribution >= 0.6 is 24.0 Å². The van der Waals surface area contributed by atoms with Gasteiger partial charge in [-0.15, -0.1) is 24.0 Å². The number of nitrogens with one attached hydrogen (secondary N) is 1. The van der Waals surface area contributed by atoms with Crippen molar-refractivity contribution in [2.45, 2.75) is 19.5 Å². The van der Waals surface area contributed by atoms with Crippen LogP contribution in [0.2, 0.25) is 0 Å². The summed E-state index contributed by atoms with van der Waals surface area (Å²) in [6, 6.07) is 12.5. The molecular weight excluding hydrogens is 505 g/mol. The van der Waals surface area contributed by atoms with Gasteiger partial charge in [-0.2, -0.15) is 0 Å². The molecule has 0 saturated carbocycles. The van der Waals surface area contributed by atoms with E-state index in [1.165, 1.54) is 16.7 Å². The third-order valence-corrected chi connectivity index (χ3v) is 5.44. The largest absolute Gasteiger partial charge is 0.493 e. The maximum Gasteiger partial charge on any atom is 0.194 e. The van der Waals surface area contributed by atoms with Gasteiger partial charge in [0.25, 0.3) is 0 Å². The number of aromatic nitrogens is 2. The van der Waals surface area contributed by atoms with E-state index in [2.05, 4.69) is 50.5 Å². The molecule has 0 atom stereocenters. The van der Waals surface area contributed by atoms with Gasteiger partial charge >= 0.3 is 0 Å². The molecule has 4 rings (SSSR count). The fourth-order valence-electron chi connectivity index (χ4n) is 3.88. The first-order chi connectivity index (χ1) is 14.7. The molecule has 0 saturated heterocycles. The summed E-state index contributed by atoms with van der Waals surface area (Å²) in [6.07, 6.45) is 6.49. The lowest BCUT2D eigenvalue weighted by molar-refractivity contribution is 0.346. The summed E-state index contributed by atoms with van der Waals surface area (Å²) in [6.45, 7) is 2.35. The van der Waals surface area contributed by atoms with Crippen LogP contribution in [0.1, 0.15) is 16.7 Å². The highest BCUT2D eigenvalue weighted by atomic mass is 127. The maximum atomic E-state index is 5.48. The minimum absolute atomic E-state index is 0. The smallest absolute Gasteiger partial charge is 0.194 e. The Balaban J connectivity index is 0.00000272. The SMILES string of the molecule is CN=C(NCc1ccccc1-n1ccnc1)N1CCc2cc(OC)c(OC)cc2C1.I. The zero-order valence-corrected chi connectivity index (χ0v) is 20.4. The van der Waals surface area contributed by atoms with E-state index in [0.29, 0.717) is 6.54 Å². The zero-order valence-electron chi connectivity index (χ0n) is 18.0. The Kier molecular flexibility index (Phi) is 7.78. The summed E-state index contributed by atoms with van der Waals surface area (Å²) in [7, 11) is 5.17. The Bertz CT molecular complexity index is 1040. The molecule has 2 heterocycles. The van der Waals surface area contributed by atoms with Crippen LogP contribution in [0.5, 0.6) is 11.5 Å². The second-order valence-electron chi connectivity index (χ2n) is 7.15. The first-order valence-electron chi connectivity index (χ1n) is 9.99. The molecule has 1 N–H and O–H groups in total. The first-order valence-corrected chi connectivity index (χ1v) is 9.99. The second-order valence-corrected chi connectivity index (χ2v) is 7.15. The number of imidazole rings is 1. The van der Waals surface area contributed by atoms with Crippen LogP contribution in [0.3, 0.4) is 0 Å². The Morgan fingerprint density at radius 3 is 2.55 bits per heavy atom. The highest BCUT2D eigenvalue weighted by molar-refractivity contribution is 14.0. The van der Waals surface area contributed by atoms with Gasteiger partial charge in [0.1, 0.15) is 0 Å². The topological polar surface area (TPSA) is 63.9 Å². The highest BCUT2D eigenvalue weighted by Gasteiger charge is 2.21. The molecule has 0 amide bonds. The number of hydrogen-bond donors (Lipinski definition) is 1. The Hall–Kier alpha value is -2.75. The molecule has 0 radical (unpaired) electrons. The number of methoxy groups -OCH3 is 2. The van der Waals surface area contributed by atoms with Gasteiger partial charge < -0.3 is 24.3 Å². The van der Waals surface area contributed by atoms with Crippen molar-refractivity contribution in [2.24, 2.45) is 4.99 Å². The van der Waals surface area contributed by atoms with Crippen molar-refractivity contribution in [1.82, 2.24) is 19.8 Å². The summed E-state index contributed by atoms with van der Waals surface area (Å²) in [4.78, 5) is 11.0. The van der Waals surface area contributed by atoms with Crippen LogP contribution in [0.15, 0.2) is 60.1 Å². The number of fused-ring (bicyclic) bond motifs is 1. The standard InChI is InChI=1S/C23H27N5O2.HI/c1-24-23(26-14-18-6-4-5-7-20(18)28-11-9-25-16-28)27-10-8-17-12-21(29-2)22(30-3)13-19(17)15-27;/h4-7,9,11-13,16H,8,10,14-15H2,1-3H3,(H,24,26);1H. The third-order valence-electron chi connectivity index (χ3n) is 5.44. The van der Waals surface area contributed by atoms with Crippen molar-refractivity contribution in [3.8, 4) is 17.2 Å². The molecule has 0 spiro atoms. The lowest BCUT2D eigenvalue weighted by atomic mass is 9.99. The number of ether oxygens (including phenoxy) is 2. The monoisotopic (exact) mass is 533 g/mol. The van der Waals surface area contributed by atoms with E-state index >= 15 is 0 Å². The zero-order chi connectivity index (χ0) is 20.9. The van der Waals surface area contributed by atoms with Gasteiger partial charge in [0, 0.05) is 39.1 Å². The van der Waals surface area contributed by atoms with E-state index in [1.54, 1.807) is 20.4 Å². The predicted molar refractivity (Wildman–Crippen MR) is 133 cm³/mol. The molecule has 7 nitrogen and oxygen atoms in total. The minimum atomic E-state index is 0. The number of aliphatic imine (C=N–C) groups is 1. The summed E-state index contributed by atoms with van der Waals surface area (Å²) >= 11 is 0. The highest BCUT2D eigenvalue weighted by Crippen LogP contribution is 2.33. The van der Waals surface area contributed by atoms with E-state index in [-0.39, 0.29) is 24.0 Å². The van der Waals surface area contributed by atoms with Crippen molar-refractivity contribution in [3.63, 3.8) is 0 Å². The summed E-state index contributed by atoms with van der Waals surface area (Å²) in [5.41, 5.74) is 4.82. The maximum absolute atomic E-state index is 5.48. The molecular formula is C23H28IN5O2. The van der Waals surface area contributed by atoms with E-state index in [1.807, 2.05) is 30.2 Å². The van der Waals surface area contributed by atoms with E-state index < -0.39 is 0 Å². The quantitative estimate of drug-likeness (QED) is 0.309. The van der Waals surface area contributed by atoms with Crippen molar-refractivity contribution in [1.29, 1.82) is 0 Å². The molecule has 31 heavy (non-hydrogen) atoms. The Morgan fingerprint density at radius 2 is 1.87 bits per heavy atom. The van der Waals surface area contributed by atoms with Crippen LogP contribution in [0.25, 0.3) is 5.69 Å². The number of para-hydroxylation sites is 1. The van der Waals surface area contributed by atoms with Crippen molar-refractivity contribution in [3.05, 3.63) is 71.8 Å². The van der Waals surface area contributed by atoms with Crippen LogP contribution in [0.4, 0.5) is 0 Å². The molecule has 0 aliphatic carbocycles. The Morgan fingerprint density at radius 1 is 1.13 bits per heavy atom. The Labute approximate surface area is 200 Å². The van der Waals surface area contributed by atoms with Crippen LogP contribution in [-0.4, -0.2) is 48.2 Å². The molecule has 1 aliphatic heterocycles. The fraction of sp³-hybridized carbons (Fsp3) is 0.304. The van der Waals surface area contributed by atoms with Gasteiger partial charge in [-0.05, 0) is 41.3 Å². The number of guanidine groups is 1. The summed E-state index contributed by atoms with van der Waals surface area (Å²) in [5, 5.41) is 3.53. The number of benzene rings is 2. The average Bonchev–Trinajstić information content (AvgIpc) is 3.33. The molecule has 3 aromatic rings. The summed E-state index contributed by atoms with van der Waals surface area (Å²) in [5.74, 6) is 2.43. The van der Waals surface area contributed by atoms with Gasteiger partial charge in [0.05, 0.1) is 26.2 Å². The van der Waals surface area contributed by atoms with Crippen molar-refractivity contribution < 1.29 is 9.47 Å². The molecule has 164 valence electrons. The van der Waals surface area contributed by atoms with Crippen molar-refractivity contribution >= 4 is 29.9 Å². The van der Waals surface area contributed by atoms with Gasteiger partial charge in [-0.3, -0.25) is 4.99 Å². The number of nitrogens with zero attached hydrogens (tertiary/aromatic N) is 4. The molecule has 8 heteroatoms. The number of hydrogen-bond acceptors (Lipinski definition) is 4. The van der Waals surface area contributed by atoms with Crippen LogP contribution in [-0.2, 0) is 19.5 Å². The molecule has 0 fully saturated rings. The van der Waals surface area contributed by atoms with Gasteiger partial charge in [0.2, 0.25) is 0 Å². The molecule has 1 aromatic heterocycles. The minimum Gasteiger partial charge on any atom is -0.493 e. The normalized spacial score (nSPS) is 13.3. The predicted octanol–water partition coefficient (Wildman–Crippen LogP) is 3.64. The lowest BCUT2D eigenvalue weighted by Crippen LogP contribution is -2.43. The second kappa shape index (κ2) is 10.5. The van der Waals surface area contributed by atoms with Gasteiger partial charge in [-0.1, -0.05) is 18.2 Å². The van der Waals surface area contributed by atoms with E-state index in [0.717, 1.165) is 42.7 Å². The van der Waals surface area contributed by atoms with Crippen LogP contribution in [0, 0.1) is 0 Å². The summed E-state index contributed by atoms with van der Waals surface area (Å²) < 4.78 is 13.0. The number of rotatable bonds is 5. The van der Waals surface area contributed by atoms with Crippen LogP contribution < -0.4 is 14.8 Å². The average molecular weight is 533 g/mol. The lowest BCUT2D eigenvalue weighted by Gasteiger charge is -2.32. The van der Waals surface area contributed by atoms with E-state index in [4.69, 9.17) is 9.47 Å². The van der Waals surface area contributed by atoms with Crippen molar-refractivity contribution in [2.75, 3.05) is 27.8 Å². The van der Waals surface area contributed by atoms with E-state index in [9.17, 15) is 0 Å². The first kappa shape index (κ1) is 22.9. The molecule has 2 aromatic carbocycles. The van der Waals surface area contributed by atoms with Gasteiger partial charge in [0.15, 0.2) is 17.5 Å². The van der Waals surface area contributed by atoms with Gasteiger partial charge in [-0.25, -0.2) is 4.98 Å². The molecule has 0 bridgehead atoms. The molecule has 1 aliphatic rings.